The fourth-order valence-corrected chi connectivity index (χ4v) is 5.57. The van der Waals surface area contributed by atoms with E-state index in [1.54, 1.807) is 15.5 Å². The van der Waals surface area contributed by atoms with E-state index in [0.717, 1.165) is 56.4 Å². The predicted octanol–water partition coefficient (Wildman–Crippen LogP) is 3.99. The number of benzene rings is 1. The molecule has 1 fully saturated rings. The smallest absolute Gasteiger partial charge is 0.256 e. The highest BCUT2D eigenvalue weighted by Gasteiger charge is 2.28. The van der Waals surface area contributed by atoms with Gasteiger partial charge in [-0.1, -0.05) is 31.4 Å². The number of amides is 1. The molecular formula is C26H36ClN7O3S. The van der Waals surface area contributed by atoms with Crippen LogP contribution >= 0.6 is 11.6 Å². The van der Waals surface area contributed by atoms with E-state index in [9.17, 15) is 13.2 Å². The predicted molar refractivity (Wildman–Crippen MR) is 151 cm³/mol. The number of nitrogens with two attached hydrogens (primary N) is 1. The first kappa shape index (κ1) is 28.1. The van der Waals surface area contributed by atoms with Crippen LogP contribution in [0.3, 0.4) is 0 Å². The second-order valence-corrected chi connectivity index (χ2v) is 12.2. The van der Waals surface area contributed by atoms with Gasteiger partial charge in [-0.05, 0) is 44.9 Å². The number of aromatic nitrogens is 3. The molecule has 2 atom stereocenters. The maximum absolute atomic E-state index is 13.9. The summed E-state index contributed by atoms with van der Waals surface area (Å²) in [6.45, 7) is 8.15. The normalized spacial score (nSPS) is 16.7. The van der Waals surface area contributed by atoms with Gasteiger partial charge in [-0.2, -0.15) is 5.10 Å². The van der Waals surface area contributed by atoms with Crippen LogP contribution in [0, 0.1) is 6.92 Å². The molecule has 1 amide bonds. The van der Waals surface area contributed by atoms with Crippen LogP contribution in [0.25, 0.3) is 5.65 Å². The summed E-state index contributed by atoms with van der Waals surface area (Å²) in [7, 11) is -3.60. The topological polar surface area (TPSA) is 126 Å². The van der Waals surface area contributed by atoms with Gasteiger partial charge in [-0.3, -0.25) is 9.52 Å². The Morgan fingerprint density at radius 3 is 2.74 bits per heavy atom. The van der Waals surface area contributed by atoms with Crippen molar-refractivity contribution in [3.63, 3.8) is 0 Å². The summed E-state index contributed by atoms with van der Waals surface area (Å²) in [4.78, 5) is 22.7. The molecule has 3 N–H and O–H groups in total. The number of sulfonamides is 1. The molecule has 0 unspecified atom stereocenters. The van der Waals surface area contributed by atoms with E-state index in [1.807, 2.05) is 26.1 Å². The van der Waals surface area contributed by atoms with Gasteiger partial charge in [0.1, 0.15) is 5.82 Å². The first-order valence-electron chi connectivity index (χ1n) is 12.9. The van der Waals surface area contributed by atoms with Crippen LogP contribution in [0.4, 0.5) is 11.5 Å². The second-order valence-electron chi connectivity index (χ2n) is 10.1. The van der Waals surface area contributed by atoms with Gasteiger partial charge < -0.3 is 15.5 Å². The summed E-state index contributed by atoms with van der Waals surface area (Å²) in [6.07, 6.45) is 6.68. The molecule has 12 heteroatoms. The molecule has 38 heavy (non-hydrogen) atoms. The highest BCUT2D eigenvalue weighted by Crippen LogP contribution is 2.29. The van der Waals surface area contributed by atoms with E-state index >= 15 is 0 Å². The minimum atomic E-state index is -3.60. The number of hydrogen-bond donors (Lipinski definition) is 2. The zero-order valence-electron chi connectivity index (χ0n) is 22.3. The summed E-state index contributed by atoms with van der Waals surface area (Å²) in [6, 6.07) is 6.21. The molecule has 0 radical (unpaired) electrons. The Labute approximate surface area is 229 Å². The summed E-state index contributed by atoms with van der Waals surface area (Å²) in [5.41, 5.74) is 8.88. The number of carbonyl (C=O) groups is 1. The highest BCUT2D eigenvalue weighted by molar-refractivity contribution is 7.92. The number of anilines is 2. The molecule has 206 valence electrons. The van der Waals surface area contributed by atoms with E-state index in [4.69, 9.17) is 27.4 Å². The number of fused-ring (bicyclic) bond motifs is 1. The number of unbranched alkanes of at least 4 members (excludes halogenated alkanes) is 2. The Hall–Kier alpha value is -2.89. The lowest BCUT2D eigenvalue weighted by Crippen LogP contribution is -2.35. The lowest BCUT2D eigenvalue weighted by Gasteiger charge is -2.29. The highest BCUT2D eigenvalue weighted by atomic mass is 35.5. The first-order chi connectivity index (χ1) is 18.0. The lowest BCUT2D eigenvalue weighted by molar-refractivity contribution is 0.0684. The Kier molecular flexibility index (Phi) is 8.49. The van der Waals surface area contributed by atoms with Crippen molar-refractivity contribution in [3.8, 4) is 0 Å². The molecule has 3 aromatic rings. The van der Waals surface area contributed by atoms with Gasteiger partial charge in [-0.25, -0.2) is 17.9 Å². The van der Waals surface area contributed by atoms with E-state index in [-0.39, 0.29) is 23.2 Å². The monoisotopic (exact) mass is 561 g/mol. The molecular weight excluding hydrogens is 526 g/mol. The standard InChI is InChI=1S/C26H36ClN7O3S/c1-5-6-7-11-33(26(35)21-13-19(27)8-9-22(21)31-38(4,36)37)18(3)23-14-24-29-25(17(2)15-34(24)30-23)32-12-10-20(28)16-32/h8-9,13-15,18,20,31H,5-7,10-12,16,28H2,1-4H3/t18-,20-/m0/s1. The average Bonchev–Trinajstić information content (AvgIpc) is 3.46. The van der Waals surface area contributed by atoms with Crippen molar-refractivity contribution in [1.29, 1.82) is 0 Å². The van der Waals surface area contributed by atoms with Crippen LogP contribution in [0.1, 0.15) is 67.2 Å². The molecule has 10 nitrogen and oxygen atoms in total. The Morgan fingerprint density at radius 2 is 2.08 bits per heavy atom. The minimum Gasteiger partial charge on any atom is -0.355 e. The Morgan fingerprint density at radius 1 is 1.32 bits per heavy atom. The number of nitrogens with zero attached hydrogens (tertiary/aromatic N) is 5. The largest absolute Gasteiger partial charge is 0.355 e. The third kappa shape index (κ3) is 6.39. The van der Waals surface area contributed by atoms with Crippen LogP contribution in [-0.2, 0) is 10.0 Å². The summed E-state index contributed by atoms with van der Waals surface area (Å²) in [5.74, 6) is 0.575. The zero-order valence-corrected chi connectivity index (χ0v) is 23.9. The molecule has 0 saturated carbocycles. The molecule has 3 heterocycles. The maximum atomic E-state index is 13.9. The van der Waals surface area contributed by atoms with Gasteiger partial charge >= 0.3 is 0 Å². The van der Waals surface area contributed by atoms with Gasteiger partial charge in [0.05, 0.1) is 29.2 Å². The van der Waals surface area contributed by atoms with Gasteiger partial charge in [0, 0.05) is 48.5 Å². The number of halogens is 1. The molecule has 1 aliphatic rings. The van der Waals surface area contributed by atoms with Crippen molar-refractivity contribution in [2.75, 3.05) is 35.5 Å². The number of aryl methyl sites for hydroxylation is 1. The molecule has 2 aromatic heterocycles. The molecule has 0 aliphatic carbocycles. The summed E-state index contributed by atoms with van der Waals surface area (Å²) < 4.78 is 28.1. The number of carbonyl (C=O) groups excluding carboxylic acids is 1. The van der Waals surface area contributed by atoms with Crippen molar-refractivity contribution in [2.45, 2.75) is 58.5 Å². The van der Waals surface area contributed by atoms with Crippen molar-refractivity contribution < 1.29 is 13.2 Å². The van der Waals surface area contributed by atoms with Gasteiger partial charge in [0.2, 0.25) is 10.0 Å². The Bertz CT molecular complexity index is 1430. The SMILES string of the molecule is CCCCCN(C(=O)c1cc(Cl)ccc1NS(C)(=O)=O)[C@@H](C)c1cc2nc(N3CC[C@H](N)C3)c(C)cn2n1. The number of nitrogens with one attached hydrogen (secondary N) is 1. The average molecular weight is 562 g/mol. The summed E-state index contributed by atoms with van der Waals surface area (Å²) in [5, 5.41) is 5.10. The lowest BCUT2D eigenvalue weighted by atomic mass is 10.1. The summed E-state index contributed by atoms with van der Waals surface area (Å²) >= 11 is 6.22. The number of hydrogen-bond acceptors (Lipinski definition) is 7. The van der Waals surface area contributed by atoms with Crippen LogP contribution < -0.4 is 15.4 Å². The fraction of sp³-hybridized carbons (Fsp3) is 0.500. The van der Waals surface area contributed by atoms with E-state index in [1.165, 1.54) is 12.1 Å². The van der Waals surface area contributed by atoms with E-state index in [0.29, 0.717) is 22.9 Å². The minimum absolute atomic E-state index is 0.143. The van der Waals surface area contributed by atoms with Gasteiger partial charge in [0.15, 0.2) is 5.65 Å². The second kappa shape index (κ2) is 11.5. The molecule has 1 aliphatic heterocycles. The quantitative estimate of drug-likeness (QED) is 0.358. The van der Waals surface area contributed by atoms with E-state index < -0.39 is 16.1 Å². The fourth-order valence-electron chi connectivity index (χ4n) is 4.82. The van der Waals surface area contributed by atoms with Gasteiger partial charge in [-0.15, -0.1) is 0 Å². The molecule has 4 rings (SSSR count). The molecule has 1 saturated heterocycles. The van der Waals surface area contributed by atoms with Crippen molar-refractivity contribution in [3.05, 3.63) is 52.3 Å². The molecule has 0 bridgehead atoms. The third-order valence-corrected chi connectivity index (χ3v) is 7.64. The Balaban J connectivity index is 1.69. The van der Waals surface area contributed by atoms with Crippen LogP contribution in [0.2, 0.25) is 5.02 Å². The molecule has 0 spiro atoms. The third-order valence-electron chi connectivity index (χ3n) is 6.81. The van der Waals surface area contributed by atoms with Crippen molar-refractivity contribution in [2.24, 2.45) is 5.73 Å². The molecule has 1 aromatic carbocycles. The van der Waals surface area contributed by atoms with Crippen LogP contribution in [-0.4, -0.2) is 65.8 Å². The van der Waals surface area contributed by atoms with E-state index in [2.05, 4.69) is 16.5 Å². The first-order valence-corrected chi connectivity index (χ1v) is 15.2. The van der Waals surface area contributed by atoms with Crippen molar-refractivity contribution >= 4 is 44.7 Å². The maximum Gasteiger partial charge on any atom is 0.256 e. The van der Waals surface area contributed by atoms with Crippen LogP contribution in [0.5, 0.6) is 0 Å². The van der Waals surface area contributed by atoms with Crippen LogP contribution in [0.15, 0.2) is 30.5 Å². The number of rotatable bonds is 10. The van der Waals surface area contributed by atoms with Crippen molar-refractivity contribution in [1.82, 2.24) is 19.5 Å². The van der Waals surface area contributed by atoms with Gasteiger partial charge in [0.25, 0.3) is 5.91 Å². The zero-order chi connectivity index (χ0) is 27.6.